The van der Waals surface area contributed by atoms with Gasteiger partial charge in [-0.15, -0.1) is 0 Å². The van der Waals surface area contributed by atoms with E-state index in [-0.39, 0.29) is 17.9 Å². The number of ether oxygens (including phenoxy) is 1. The zero-order valence-electron chi connectivity index (χ0n) is 17.7. The lowest BCUT2D eigenvalue weighted by molar-refractivity contribution is 0.251. The first-order valence-corrected chi connectivity index (χ1v) is 10.1. The predicted molar refractivity (Wildman–Crippen MR) is 124 cm³/mol. The molecule has 4 amide bonds. The lowest BCUT2D eigenvalue weighted by Crippen LogP contribution is -2.46. The second kappa shape index (κ2) is 8.72. The van der Waals surface area contributed by atoms with Crippen molar-refractivity contribution >= 4 is 46.5 Å². The molecule has 0 atom stereocenters. The molecule has 0 bridgehead atoms. The van der Waals surface area contributed by atoms with Crippen LogP contribution in [0.1, 0.15) is 11.1 Å². The SMILES string of the molecule is COc1ccccc1NC(=O)Nc1ccc(C)c(N2Cc3cnc(Cl)nc3N(C)C2=O)c1. The summed E-state index contributed by atoms with van der Waals surface area (Å²) >= 11 is 5.89. The summed E-state index contributed by atoms with van der Waals surface area (Å²) in [5, 5.41) is 5.65. The van der Waals surface area contributed by atoms with Crippen molar-refractivity contribution in [3.8, 4) is 5.75 Å². The molecule has 2 heterocycles. The smallest absolute Gasteiger partial charge is 0.330 e. The lowest BCUT2D eigenvalue weighted by Gasteiger charge is -2.34. The van der Waals surface area contributed by atoms with E-state index in [9.17, 15) is 9.59 Å². The fraction of sp³-hybridized carbons (Fsp3) is 0.182. The molecule has 10 heteroatoms. The number of methoxy groups -OCH3 is 1. The molecule has 2 aromatic carbocycles. The Labute approximate surface area is 190 Å². The molecular formula is C22H21ClN6O3. The van der Waals surface area contributed by atoms with Gasteiger partial charge in [0.05, 0.1) is 25.0 Å². The number of rotatable bonds is 4. The Balaban J connectivity index is 1.57. The number of anilines is 4. The number of hydrogen-bond acceptors (Lipinski definition) is 5. The molecule has 1 aliphatic rings. The number of benzene rings is 2. The highest BCUT2D eigenvalue weighted by Crippen LogP contribution is 2.33. The van der Waals surface area contributed by atoms with Crippen LogP contribution in [-0.4, -0.2) is 36.2 Å². The quantitative estimate of drug-likeness (QED) is 0.560. The Bertz CT molecular complexity index is 1200. The van der Waals surface area contributed by atoms with E-state index in [0.717, 1.165) is 11.1 Å². The average molecular weight is 453 g/mol. The monoisotopic (exact) mass is 452 g/mol. The molecule has 0 fully saturated rings. The Morgan fingerprint density at radius 1 is 1.19 bits per heavy atom. The minimum Gasteiger partial charge on any atom is -0.495 e. The van der Waals surface area contributed by atoms with Crippen molar-refractivity contribution in [2.75, 3.05) is 34.6 Å². The van der Waals surface area contributed by atoms with Gasteiger partial charge in [0.1, 0.15) is 11.6 Å². The van der Waals surface area contributed by atoms with Crippen LogP contribution in [0.15, 0.2) is 48.7 Å². The Morgan fingerprint density at radius 3 is 2.75 bits per heavy atom. The van der Waals surface area contributed by atoms with E-state index in [2.05, 4.69) is 20.6 Å². The van der Waals surface area contributed by atoms with Crippen LogP contribution in [0, 0.1) is 6.92 Å². The van der Waals surface area contributed by atoms with Crippen LogP contribution in [0.3, 0.4) is 0 Å². The van der Waals surface area contributed by atoms with E-state index in [4.69, 9.17) is 16.3 Å². The highest BCUT2D eigenvalue weighted by molar-refractivity contribution is 6.28. The van der Waals surface area contributed by atoms with Crippen molar-refractivity contribution in [3.05, 3.63) is 65.1 Å². The van der Waals surface area contributed by atoms with E-state index in [1.54, 1.807) is 48.5 Å². The molecule has 0 saturated carbocycles. The summed E-state index contributed by atoms with van der Waals surface area (Å²) in [6.45, 7) is 2.18. The molecule has 4 rings (SSSR count). The number of nitrogens with one attached hydrogen (secondary N) is 2. The molecule has 1 aromatic heterocycles. The summed E-state index contributed by atoms with van der Waals surface area (Å²) < 4.78 is 5.26. The van der Waals surface area contributed by atoms with Crippen LogP contribution < -0.4 is 25.2 Å². The van der Waals surface area contributed by atoms with E-state index in [1.165, 1.54) is 12.0 Å². The second-order valence-electron chi connectivity index (χ2n) is 7.20. The molecule has 0 saturated heterocycles. The number of urea groups is 2. The van der Waals surface area contributed by atoms with Gasteiger partial charge in [-0.25, -0.2) is 14.6 Å². The van der Waals surface area contributed by atoms with Gasteiger partial charge in [0.15, 0.2) is 0 Å². The number of carbonyl (C=O) groups excluding carboxylic acids is 2. The third kappa shape index (κ3) is 4.15. The summed E-state index contributed by atoms with van der Waals surface area (Å²) in [7, 11) is 3.17. The molecule has 2 N–H and O–H groups in total. The summed E-state index contributed by atoms with van der Waals surface area (Å²) in [4.78, 5) is 36.8. The van der Waals surface area contributed by atoms with Gasteiger partial charge in [0.2, 0.25) is 5.28 Å². The normalized spacial score (nSPS) is 12.9. The highest BCUT2D eigenvalue weighted by atomic mass is 35.5. The predicted octanol–water partition coefficient (Wildman–Crippen LogP) is 4.67. The summed E-state index contributed by atoms with van der Waals surface area (Å²) in [6.07, 6.45) is 1.61. The molecule has 0 spiro atoms. The van der Waals surface area contributed by atoms with Crippen LogP contribution in [0.25, 0.3) is 0 Å². The Hall–Kier alpha value is -3.85. The number of halogens is 1. The van der Waals surface area contributed by atoms with Crippen molar-refractivity contribution < 1.29 is 14.3 Å². The summed E-state index contributed by atoms with van der Waals surface area (Å²) in [6, 6.07) is 11.8. The molecule has 3 aromatic rings. The minimum atomic E-state index is -0.431. The van der Waals surface area contributed by atoms with E-state index in [0.29, 0.717) is 28.6 Å². The number of nitrogens with zero attached hydrogens (tertiary/aromatic N) is 4. The number of hydrogen-bond donors (Lipinski definition) is 2. The topological polar surface area (TPSA) is 99.7 Å². The van der Waals surface area contributed by atoms with Crippen molar-refractivity contribution in [1.82, 2.24) is 9.97 Å². The van der Waals surface area contributed by atoms with Crippen molar-refractivity contribution in [2.45, 2.75) is 13.5 Å². The molecule has 9 nitrogen and oxygen atoms in total. The van der Waals surface area contributed by atoms with Crippen molar-refractivity contribution in [3.63, 3.8) is 0 Å². The second-order valence-corrected chi connectivity index (χ2v) is 7.53. The van der Waals surface area contributed by atoms with Crippen LogP contribution in [-0.2, 0) is 6.54 Å². The molecular weight excluding hydrogens is 432 g/mol. The third-order valence-electron chi connectivity index (χ3n) is 5.09. The number of fused-ring (bicyclic) bond motifs is 1. The molecule has 0 aliphatic carbocycles. The minimum absolute atomic E-state index is 0.0836. The van der Waals surface area contributed by atoms with Gasteiger partial charge in [-0.05, 0) is 48.4 Å². The fourth-order valence-corrected chi connectivity index (χ4v) is 3.62. The maximum Gasteiger partial charge on any atom is 0.330 e. The molecule has 32 heavy (non-hydrogen) atoms. The van der Waals surface area contributed by atoms with Crippen LogP contribution in [0.5, 0.6) is 5.75 Å². The first-order chi connectivity index (χ1) is 15.4. The fourth-order valence-electron chi connectivity index (χ4n) is 3.49. The van der Waals surface area contributed by atoms with Crippen LogP contribution >= 0.6 is 11.6 Å². The van der Waals surface area contributed by atoms with Gasteiger partial charge in [0, 0.05) is 24.5 Å². The van der Waals surface area contributed by atoms with E-state index < -0.39 is 6.03 Å². The molecule has 164 valence electrons. The summed E-state index contributed by atoms with van der Waals surface area (Å²) in [5.41, 5.74) is 3.39. The number of para-hydroxylation sites is 2. The summed E-state index contributed by atoms with van der Waals surface area (Å²) in [5.74, 6) is 1.03. The van der Waals surface area contributed by atoms with Crippen molar-refractivity contribution in [1.29, 1.82) is 0 Å². The standard InChI is InChI=1S/C22H21ClN6O3/c1-13-8-9-15(25-21(30)26-16-6-4-5-7-18(16)32-3)10-17(13)29-12-14-11-24-20(23)27-19(14)28(2)22(29)31/h4-11H,12H2,1-3H3,(H2,25,26,30). The van der Waals surface area contributed by atoms with Gasteiger partial charge < -0.3 is 15.4 Å². The molecule has 1 aliphatic heterocycles. The maximum absolute atomic E-state index is 13.0. The van der Waals surface area contributed by atoms with E-state index in [1.807, 2.05) is 19.1 Å². The van der Waals surface area contributed by atoms with Gasteiger partial charge in [-0.3, -0.25) is 9.80 Å². The zero-order chi connectivity index (χ0) is 22.8. The largest absolute Gasteiger partial charge is 0.495 e. The van der Waals surface area contributed by atoms with Crippen LogP contribution in [0.4, 0.5) is 32.5 Å². The number of aryl methyl sites for hydroxylation is 1. The van der Waals surface area contributed by atoms with Crippen LogP contribution in [0.2, 0.25) is 5.28 Å². The zero-order valence-corrected chi connectivity index (χ0v) is 18.5. The Morgan fingerprint density at radius 2 is 1.97 bits per heavy atom. The first-order valence-electron chi connectivity index (χ1n) is 9.75. The first kappa shape index (κ1) is 21.4. The number of carbonyl (C=O) groups is 2. The van der Waals surface area contributed by atoms with Gasteiger partial charge in [0.25, 0.3) is 0 Å². The molecule has 0 unspecified atom stereocenters. The van der Waals surface area contributed by atoms with Gasteiger partial charge in [-0.1, -0.05) is 18.2 Å². The number of aromatic nitrogens is 2. The van der Waals surface area contributed by atoms with Gasteiger partial charge >= 0.3 is 12.1 Å². The Kier molecular flexibility index (Phi) is 5.83. The van der Waals surface area contributed by atoms with Crippen molar-refractivity contribution in [2.24, 2.45) is 0 Å². The molecule has 0 radical (unpaired) electrons. The average Bonchev–Trinajstić information content (AvgIpc) is 2.78. The maximum atomic E-state index is 13.0. The van der Waals surface area contributed by atoms with E-state index >= 15 is 0 Å². The number of amides is 4. The lowest BCUT2D eigenvalue weighted by atomic mass is 10.1. The van der Waals surface area contributed by atoms with Gasteiger partial charge in [-0.2, -0.15) is 4.98 Å². The highest BCUT2D eigenvalue weighted by Gasteiger charge is 2.31. The third-order valence-corrected chi connectivity index (χ3v) is 5.27.